The molecule has 0 heterocycles. The van der Waals surface area contributed by atoms with Gasteiger partial charge in [-0.3, -0.25) is 9.59 Å². The van der Waals surface area contributed by atoms with E-state index in [1.165, 1.54) is 5.57 Å². The third kappa shape index (κ3) is 5.40. The van der Waals surface area contributed by atoms with E-state index in [1.807, 2.05) is 20.8 Å². The lowest BCUT2D eigenvalue weighted by atomic mass is 9.32. The van der Waals surface area contributed by atoms with Gasteiger partial charge in [0.15, 0.2) is 0 Å². The first-order valence-corrected chi connectivity index (χ1v) is 18.4. The standard InChI is InChI=1S/C39H63FN2O4/c1-11-41-42-33(40)39-19-14-25(24(2)3)32(39)26-12-13-28-36(8)17-16-29(46-31(45)23-34(4,5)22-30(43)44)35(6,7)27(36)15-18-38(28,10)37(26,9)20-21-39/h25-29,32-33H,2,11-23H2,1,3-10H3,(H,43,44)/b42-41+/t25-,26+,27-,28+,29-,32+,33?,36-,37+,38+,39-/m0/s1. The molecule has 46 heavy (non-hydrogen) atoms. The maximum Gasteiger partial charge on any atom is 0.306 e. The number of hydrogen-bond acceptors (Lipinski definition) is 5. The predicted octanol–water partition coefficient (Wildman–Crippen LogP) is 10.2. The Balaban J connectivity index is 1.41. The van der Waals surface area contributed by atoms with Crippen molar-refractivity contribution in [2.45, 2.75) is 152 Å². The van der Waals surface area contributed by atoms with E-state index in [2.05, 4.69) is 58.3 Å². The van der Waals surface area contributed by atoms with Crippen molar-refractivity contribution in [3.63, 3.8) is 0 Å². The SMILES string of the molecule is C=C(C)[C@@H]1CC[C@]2(C(F)/N=N/CC)CC[C@]3(C)[C@H](CC[C@@H]4[C@@]5(C)CC[C@H](OC(=O)CC(C)(C)CC(=O)O)C(C)(C)[C@@H]5CC[C@]43C)[C@@H]12. The lowest BCUT2D eigenvalue weighted by Gasteiger charge is -2.73. The number of hydrogen-bond donors (Lipinski definition) is 1. The van der Waals surface area contributed by atoms with Crippen molar-refractivity contribution in [1.29, 1.82) is 0 Å². The van der Waals surface area contributed by atoms with Crippen LogP contribution in [0.4, 0.5) is 4.39 Å². The maximum atomic E-state index is 16.3. The molecule has 1 unspecified atom stereocenters. The number of allylic oxidation sites excluding steroid dienone is 1. The van der Waals surface area contributed by atoms with Gasteiger partial charge in [0.2, 0.25) is 6.30 Å². The zero-order chi connectivity index (χ0) is 34.1. The summed E-state index contributed by atoms with van der Waals surface area (Å²) in [6.07, 6.45) is 8.88. The molecule has 0 aromatic heterocycles. The number of azo groups is 1. The number of carbonyl (C=O) groups excluding carboxylic acids is 1. The average Bonchev–Trinajstić information content (AvgIpc) is 3.34. The largest absolute Gasteiger partial charge is 0.481 e. The zero-order valence-corrected chi connectivity index (χ0v) is 30.4. The molecular formula is C39H63FN2O4. The molecule has 11 atom stereocenters. The number of aliphatic carboxylic acids is 1. The smallest absolute Gasteiger partial charge is 0.306 e. The third-order valence-corrected chi connectivity index (χ3v) is 15.4. The van der Waals surface area contributed by atoms with E-state index < -0.39 is 23.1 Å². The summed E-state index contributed by atoms with van der Waals surface area (Å²) in [4.78, 5) is 24.5. The van der Waals surface area contributed by atoms with Crippen LogP contribution < -0.4 is 0 Å². The van der Waals surface area contributed by atoms with Crippen LogP contribution in [-0.2, 0) is 14.3 Å². The second-order valence-electron chi connectivity index (χ2n) is 18.6. The zero-order valence-electron chi connectivity index (χ0n) is 30.4. The molecule has 1 N–H and O–H groups in total. The molecule has 0 spiro atoms. The lowest BCUT2D eigenvalue weighted by Crippen LogP contribution is -2.67. The van der Waals surface area contributed by atoms with Crippen LogP contribution in [0.25, 0.3) is 0 Å². The minimum Gasteiger partial charge on any atom is -0.481 e. The molecule has 0 saturated heterocycles. The van der Waals surface area contributed by atoms with E-state index in [0.717, 1.165) is 64.2 Å². The Labute approximate surface area is 278 Å². The molecule has 0 aromatic carbocycles. The molecule has 5 aliphatic rings. The summed E-state index contributed by atoms with van der Waals surface area (Å²) in [5.41, 5.74) is 0.347. The molecule has 0 aliphatic heterocycles. The molecule has 5 rings (SSSR count). The van der Waals surface area contributed by atoms with Gasteiger partial charge in [0.25, 0.3) is 0 Å². The van der Waals surface area contributed by atoms with Gasteiger partial charge in [0, 0.05) is 10.8 Å². The van der Waals surface area contributed by atoms with Crippen molar-refractivity contribution in [2.75, 3.05) is 6.54 Å². The van der Waals surface area contributed by atoms with Crippen LogP contribution in [0, 0.1) is 62.1 Å². The van der Waals surface area contributed by atoms with Crippen molar-refractivity contribution >= 4 is 11.9 Å². The molecule has 5 aliphatic carbocycles. The van der Waals surface area contributed by atoms with Gasteiger partial charge in [-0.15, -0.1) is 0 Å². The topological polar surface area (TPSA) is 88.3 Å². The van der Waals surface area contributed by atoms with Crippen LogP contribution in [0.2, 0.25) is 0 Å². The van der Waals surface area contributed by atoms with Crippen molar-refractivity contribution in [3.8, 4) is 0 Å². The number of nitrogens with zero attached hydrogens (tertiary/aromatic N) is 2. The summed E-state index contributed by atoms with van der Waals surface area (Å²) in [5.74, 6) is 0.869. The highest BCUT2D eigenvalue weighted by Gasteiger charge is 2.72. The first kappa shape index (κ1) is 35.5. The Morgan fingerprint density at radius 3 is 2.26 bits per heavy atom. The van der Waals surface area contributed by atoms with Crippen LogP contribution in [0.5, 0.6) is 0 Å². The van der Waals surface area contributed by atoms with Gasteiger partial charge in [-0.25, -0.2) is 4.39 Å². The molecule has 0 radical (unpaired) electrons. The van der Waals surface area contributed by atoms with Crippen LogP contribution in [0.1, 0.15) is 139 Å². The van der Waals surface area contributed by atoms with E-state index in [-0.39, 0.29) is 52.5 Å². The normalized spacial score (nSPS) is 44.0. The van der Waals surface area contributed by atoms with E-state index >= 15 is 4.39 Å². The van der Waals surface area contributed by atoms with Gasteiger partial charge in [-0.1, -0.05) is 60.6 Å². The molecular weight excluding hydrogens is 579 g/mol. The highest BCUT2D eigenvalue weighted by atomic mass is 19.1. The maximum absolute atomic E-state index is 16.3. The predicted molar refractivity (Wildman–Crippen MR) is 180 cm³/mol. The summed E-state index contributed by atoms with van der Waals surface area (Å²) >= 11 is 0. The molecule has 5 saturated carbocycles. The van der Waals surface area contributed by atoms with Gasteiger partial charge < -0.3 is 9.84 Å². The van der Waals surface area contributed by atoms with E-state index in [4.69, 9.17) is 4.74 Å². The minimum absolute atomic E-state index is 0.0548. The van der Waals surface area contributed by atoms with Crippen molar-refractivity contribution in [2.24, 2.45) is 72.3 Å². The molecule has 0 amide bonds. The Morgan fingerprint density at radius 2 is 1.63 bits per heavy atom. The Morgan fingerprint density at radius 1 is 0.935 bits per heavy atom. The van der Waals surface area contributed by atoms with E-state index in [1.54, 1.807) is 0 Å². The lowest BCUT2D eigenvalue weighted by molar-refractivity contribution is -0.253. The summed E-state index contributed by atoms with van der Waals surface area (Å²) < 4.78 is 22.5. The van der Waals surface area contributed by atoms with Crippen LogP contribution in [0.15, 0.2) is 22.4 Å². The number of ether oxygens (including phenoxy) is 1. The summed E-state index contributed by atoms with van der Waals surface area (Å²) in [6.45, 7) is 25.0. The highest BCUT2D eigenvalue weighted by molar-refractivity contribution is 5.73. The molecule has 260 valence electrons. The summed E-state index contributed by atoms with van der Waals surface area (Å²) in [5, 5.41) is 17.7. The van der Waals surface area contributed by atoms with Gasteiger partial charge in [0.1, 0.15) is 6.10 Å². The number of rotatable bonds is 9. The van der Waals surface area contributed by atoms with Crippen molar-refractivity contribution < 1.29 is 23.8 Å². The summed E-state index contributed by atoms with van der Waals surface area (Å²) in [6, 6.07) is 0. The number of fused-ring (bicyclic) bond motifs is 7. The fraction of sp³-hybridized carbons (Fsp3) is 0.897. The van der Waals surface area contributed by atoms with Gasteiger partial charge in [-0.05, 0) is 129 Å². The van der Waals surface area contributed by atoms with E-state index in [0.29, 0.717) is 30.2 Å². The second-order valence-corrected chi connectivity index (χ2v) is 18.6. The van der Waals surface area contributed by atoms with Crippen LogP contribution in [-0.4, -0.2) is 36.0 Å². The van der Waals surface area contributed by atoms with Gasteiger partial charge >= 0.3 is 11.9 Å². The number of alkyl halides is 1. The number of carboxylic acid groups (broad SMARTS) is 1. The van der Waals surface area contributed by atoms with Crippen LogP contribution >= 0.6 is 0 Å². The van der Waals surface area contributed by atoms with Gasteiger partial charge in [-0.2, -0.15) is 10.2 Å². The molecule has 0 aromatic rings. The Hall–Kier alpha value is -1.79. The number of halogens is 1. The molecule has 0 bridgehead atoms. The number of carbonyl (C=O) groups is 2. The number of carboxylic acids is 1. The second kappa shape index (κ2) is 12.0. The molecule has 5 fully saturated rings. The van der Waals surface area contributed by atoms with Gasteiger partial charge in [0.05, 0.1) is 19.4 Å². The Kier molecular flexibility index (Phi) is 9.24. The first-order chi connectivity index (χ1) is 21.3. The minimum atomic E-state index is -1.24. The monoisotopic (exact) mass is 642 g/mol. The quantitative estimate of drug-likeness (QED) is 0.117. The van der Waals surface area contributed by atoms with Crippen molar-refractivity contribution in [1.82, 2.24) is 0 Å². The van der Waals surface area contributed by atoms with Crippen LogP contribution in [0.3, 0.4) is 0 Å². The fourth-order valence-electron chi connectivity index (χ4n) is 13.1. The van der Waals surface area contributed by atoms with Crippen molar-refractivity contribution in [3.05, 3.63) is 12.2 Å². The highest BCUT2D eigenvalue weighted by Crippen LogP contribution is 2.78. The third-order valence-electron chi connectivity index (χ3n) is 15.4. The Bertz CT molecular complexity index is 1250. The summed E-state index contributed by atoms with van der Waals surface area (Å²) in [7, 11) is 0. The molecule has 6 nitrogen and oxygen atoms in total. The first-order valence-electron chi connectivity index (χ1n) is 18.4. The van der Waals surface area contributed by atoms with E-state index in [9.17, 15) is 14.7 Å². The fourth-order valence-corrected chi connectivity index (χ4v) is 13.1. The molecule has 7 heteroatoms. The average molecular weight is 643 g/mol. The number of esters is 1.